The van der Waals surface area contributed by atoms with Crippen molar-refractivity contribution in [2.75, 3.05) is 5.32 Å². The van der Waals surface area contributed by atoms with E-state index in [1.54, 1.807) is 30.3 Å². The van der Waals surface area contributed by atoms with Crippen LogP contribution in [0.15, 0.2) is 71.4 Å². The molecule has 172 valence electrons. The molecule has 0 atom stereocenters. The van der Waals surface area contributed by atoms with Gasteiger partial charge < -0.3 is 14.8 Å². The average Bonchev–Trinajstić information content (AvgIpc) is 3.13. The van der Waals surface area contributed by atoms with Crippen LogP contribution in [0.2, 0.25) is 5.02 Å². The molecule has 34 heavy (non-hydrogen) atoms. The average molecular weight is 699 g/mol. The summed E-state index contributed by atoms with van der Waals surface area (Å²) >= 11 is 10.5. The largest absolute Gasteiger partial charge is 0.487 e. The summed E-state index contributed by atoms with van der Waals surface area (Å²) < 4.78 is 13.2. The van der Waals surface area contributed by atoms with Crippen molar-refractivity contribution in [3.05, 3.63) is 95.2 Å². The van der Waals surface area contributed by atoms with Gasteiger partial charge >= 0.3 is 5.97 Å². The Morgan fingerprint density at radius 3 is 2.47 bits per heavy atom. The van der Waals surface area contributed by atoms with Gasteiger partial charge in [-0.3, -0.25) is 4.79 Å². The minimum Gasteiger partial charge on any atom is -0.487 e. The van der Waals surface area contributed by atoms with Crippen LogP contribution in [0, 0.1) is 7.14 Å². The fraction of sp³-hybridized carbons (Fsp3) is 0.0800. The number of nitrogens with one attached hydrogen (secondary N) is 1. The second kappa shape index (κ2) is 10.9. The summed E-state index contributed by atoms with van der Waals surface area (Å²) in [5.41, 5.74) is 3.28. The van der Waals surface area contributed by atoms with Gasteiger partial charge in [-0.15, -0.1) is 0 Å². The number of amides is 1. The normalized spacial score (nSPS) is 14.1. The first-order chi connectivity index (χ1) is 16.3. The van der Waals surface area contributed by atoms with Gasteiger partial charge in [0, 0.05) is 23.2 Å². The predicted molar refractivity (Wildman–Crippen MR) is 149 cm³/mol. The first-order valence-corrected chi connectivity index (χ1v) is 12.6. The molecule has 0 saturated heterocycles. The zero-order chi connectivity index (χ0) is 24.2. The van der Waals surface area contributed by atoms with Gasteiger partial charge in [-0.25, -0.2) is 9.79 Å². The van der Waals surface area contributed by atoms with E-state index < -0.39 is 5.97 Å². The van der Waals surface area contributed by atoms with Gasteiger partial charge in [-0.1, -0.05) is 23.7 Å². The second-order valence-corrected chi connectivity index (χ2v) is 10.1. The number of nitrogens with zero attached hydrogens (tertiary/aromatic N) is 1. The van der Waals surface area contributed by atoms with E-state index in [1.807, 2.05) is 36.4 Å². The van der Waals surface area contributed by atoms with Gasteiger partial charge in [-0.2, -0.15) is 0 Å². The first-order valence-electron chi connectivity index (χ1n) is 10.1. The van der Waals surface area contributed by atoms with Crippen molar-refractivity contribution in [1.29, 1.82) is 0 Å². The number of carbonyl (C=O) groups is 2. The molecule has 9 heteroatoms. The Kier molecular flexibility index (Phi) is 7.89. The summed E-state index contributed by atoms with van der Waals surface area (Å²) in [7, 11) is 0. The molecule has 0 fully saturated rings. The molecule has 0 bridgehead atoms. The zero-order valence-corrected chi connectivity index (χ0v) is 22.8. The van der Waals surface area contributed by atoms with Crippen LogP contribution in [-0.4, -0.2) is 17.8 Å². The lowest BCUT2D eigenvalue weighted by Crippen LogP contribution is -2.07. The molecule has 0 unspecified atom stereocenters. The van der Waals surface area contributed by atoms with Crippen LogP contribution >= 0.6 is 56.8 Å². The number of ether oxygens (including phenoxy) is 2. The number of aliphatic imine (C=N–C) groups is 1. The van der Waals surface area contributed by atoms with Gasteiger partial charge in [0.05, 0.1) is 7.14 Å². The number of esters is 1. The van der Waals surface area contributed by atoms with Crippen molar-refractivity contribution in [2.45, 2.75) is 13.5 Å². The number of carbonyl (C=O) groups excluding carboxylic acids is 2. The molecule has 1 aliphatic rings. The summed E-state index contributed by atoms with van der Waals surface area (Å²) in [6.07, 6.45) is 1.69. The van der Waals surface area contributed by atoms with E-state index in [4.69, 9.17) is 21.1 Å². The Bertz CT molecular complexity index is 1310. The maximum atomic E-state index is 12.4. The van der Waals surface area contributed by atoms with Crippen molar-refractivity contribution < 1.29 is 19.1 Å². The molecule has 0 aromatic heterocycles. The SMILES string of the molecule is CC(=O)Nc1ccc(C2=N/C(=C\c3cc(I)c(OCc4cccc(Cl)c4)c(I)c3)C(=O)O2)cc1. The summed E-state index contributed by atoms with van der Waals surface area (Å²) in [6.45, 7) is 1.84. The zero-order valence-electron chi connectivity index (χ0n) is 17.8. The van der Waals surface area contributed by atoms with Crippen molar-refractivity contribution in [1.82, 2.24) is 0 Å². The van der Waals surface area contributed by atoms with E-state index >= 15 is 0 Å². The smallest absolute Gasteiger partial charge is 0.363 e. The summed E-state index contributed by atoms with van der Waals surface area (Å²) in [5.74, 6) is 0.303. The molecular weight excluding hydrogens is 682 g/mol. The molecule has 4 rings (SSSR count). The molecule has 1 N–H and O–H groups in total. The second-order valence-electron chi connectivity index (χ2n) is 7.33. The standard InChI is InChI=1S/C25H17ClI2N2O4/c1-14(31)29-19-7-5-17(6-8-19)24-30-22(25(32)34-24)12-16-10-20(27)23(21(28)11-16)33-13-15-3-2-4-18(26)9-15/h2-12H,13H2,1H3,(H,29,31)/b22-12-. The molecule has 3 aromatic carbocycles. The van der Waals surface area contributed by atoms with Crippen LogP contribution in [0.4, 0.5) is 5.69 Å². The first kappa shape index (κ1) is 24.7. The molecule has 1 amide bonds. The minimum atomic E-state index is -0.521. The number of hydrogen-bond donors (Lipinski definition) is 1. The Hall–Kier alpha value is -2.44. The fourth-order valence-corrected chi connectivity index (χ4v) is 5.51. The number of halogens is 3. The van der Waals surface area contributed by atoms with E-state index in [0.29, 0.717) is 22.9 Å². The van der Waals surface area contributed by atoms with Crippen LogP contribution in [0.1, 0.15) is 23.6 Å². The van der Waals surface area contributed by atoms with Crippen LogP contribution in [0.25, 0.3) is 6.08 Å². The highest BCUT2D eigenvalue weighted by Gasteiger charge is 2.24. The number of benzene rings is 3. The maximum absolute atomic E-state index is 12.4. The Morgan fingerprint density at radius 2 is 1.82 bits per heavy atom. The summed E-state index contributed by atoms with van der Waals surface area (Å²) in [6, 6.07) is 18.3. The predicted octanol–water partition coefficient (Wildman–Crippen LogP) is 6.43. The highest BCUT2D eigenvalue weighted by atomic mass is 127. The molecule has 0 saturated carbocycles. The van der Waals surface area contributed by atoms with Gasteiger partial charge in [0.15, 0.2) is 5.70 Å². The lowest BCUT2D eigenvalue weighted by molar-refractivity contribution is -0.129. The van der Waals surface area contributed by atoms with Gasteiger partial charge in [0.2, 0.25) is 11.8 Å². The third-order valence-corrected chi connectivity index (χ3v) is 6.51. The molecule has 0 aliphatic carbocycles. The lowest BCUT2D eigenvalue weighted by atomic mass is 10.2. The van der Waals surface area contributed by atoms with Crippen molar-refractivity contribution in [3.8, 4) is 5.75 Å². The third kappa shape index (κ3) is 6.16. The lowest BCUT2D eigenvalue weighted by Gasteiger charge is -2.12. The van der Waals surface area contributed by atoms with E-state index in [0.717, 1.165) is 24.0 Å². The van der Waals surface area contributed by atoms with E-state index in [-0.39, 0.29) is 17.5 Å². The Balaban J connectivity index is 1.52. The van der Waals surface area contributed by atoms with Gasteiger partial charge in [0.1, 0.15) is 12.4 Å². The number of hydrogen-bond acceptors (Lipinski definition) is 5. The van der Waals surface area contributed by atoms with Crippen LogP contribution < -0.4 is 10.1 Å². The Labute approximate surface area is 228 Å². The van der Waals surface area contributed by atoms with Crippen molar-refractivity contribution >= 4 is 86.3 Å². The van der Waals surface area contributed by atoms with E-state index in [9.17, 15) is 9.59 Å². The quantitative estimate of drug-likeness (QED) is 0.183. The van der Waals surface area contributed by atoms with E-state index in [2.05, 4.69) is 55.5 Å². The highest BCUT2D eigenvalue weighted by Crippen LogP contribution is 2.31. The van der Waals surface area contributed by atoms with Crippen LogP contribution in [0.3, 0.4) is 0 Å². The fourth-order valence-electron chi connectivity index (χ4n) is 3.17. The van der Waals surface area contributed by atoms with Crippen LogP contribution in [-0.2, 0) is 20.9 Å². The van der Waals surface area contributed by atoms with Gasteiger partial charge in [-0.05, 0) is 111 Å². The maximum Gasteiger partial charge on any atom is 0.363 e. The van der Waals surface area contributed by atoms with Crippen LogP contribution in [0.5, 0.6) is 5.75 Å². The molecule has 0 spiro atoms. The highest BCUT2D eigenvalue weighted by molar-refractivity contribution is 14.1. The van der Waals surface area contributed by atoms with Crippen molar-refractivity contribution in [3.63, 3.8) is 0 Å². The monoisotopic (exact) mass is 698 g/mol. The number of anilines is 1. The number of cyclic esters (lactones) is 1. The number of rotatable bonds is 6. The molecule has 3 aromatic rings. The molecule has 1 aliphatic heterocycles. The molecular formula is C25H17ClI2N2O4. The molecule has 6 nitrogen and oxygen atoms in total. The van der Waals surface area contributed by atoms with E-state index in [1.165, 1.54) is 6.92 Å². The molecule has 1 heterocycles. The van der Waals surface area contributed by atoms with Crippen molar-refractivity contribution in [2.24, 2.45) is 4.99 Å². The molecule has 0 radical (unpaired) electrons. The third-order valence-electron chi connectivity index (χ3n) is 4.67. The topological polar surface area (TPSA) is 77.0 Å². The Morgan fingerprint density at radius 1 is 1.12 bits per heavy atom. The van der Waals surface area contributed by atoms with Gasteiger partial charge in [0.25, 0.3) is 0 Å². The summed E-state index contributed by atoms with van der Waals surface area (Å²) in [4.78, 5) is 27.9. The minimum absolute atomic E-state index is 0.159. The summed E-state index contributed by atoms with van der Waals surface area (Å²) in [5, 5.41) is 3.36.